The lowest BCUT2D eigenvalue weighted by Crippen LogP contribution is -2.06. The van der Waals surface area contributed by atoms with Crippen LogP contribution in [0.2, 0.25) is 0 Å². The van der Waals surface area contributed by atoms with E-state index < -0.39 is 0 Å². The summed E-state index contributed by atoms with van der Waals surface area (Å²) < 4.78 is 0. The molecule has 5 nitrogen and oxygen atoms in total. The first-order valence-electron chi connectivity index (χ1n) is 6.63. The molecular formula is C16H15N3O2. The van der Waals surface area contributed by atoms with Crippen molar-refractivity contribution in [1.29, 1.82) is 5.26 Å². The van der Waals surface area contributed by atoms with Crippen molar-refractivity contribution in [2.75, 3.05) is 11.9 Å². The van der Waals surface area contributed by atoms with Crippen LogP contribution in [0.3, 0.4) is 0 Å². The monoisotopic (exact) mass is 281 g/mol. The Balaban J connectivity index is 1.93. The molecule has 1 N–H and O–H groups in total. The van der Waals surface area contributed by atoms with Gasteiger partial charge in [-0.1, -0.05) is 30.3 Å². The molecule has 0 unspecified atom stereocenters. The highest BCUT2D eigenvalue weighted by molar-refractivity contribution is 5.46. The smallest absolute Gasteiger partial charge is 0.272 e. The molecule has 2 aromatic carbocycles. The number of nitriles is 1. The van der Waals surface area contributed by atoms with Crippen LogP contribution in [0.1, 0.15) is 11.1 Å². The van der Waals surface area contributed by atoms with Gasteiger partial charge in [-0.2, -0.15) is 5.26 Å². The van der Waals surface area contributed by atoms with E-state index in [4.69, 9.17) is 5.26 Å². The highest BCUT2D eigenvalue weighted by Crippen LogP contribution is 2.18. The SMILES string of the molecule is N#CCc1ccc(NCCc2ccccc2[N+](=O)[O-])cc1. The molecule has 0 aliphatic carbocycles. The number of anilines is 1. The Labute approximate surface area is 123 Å². The molecule has 0 saturated carbocycles. The maximum atomic E-state index is 10.9. The minimum atomic E-state index is -0.355. The third-order valence-corrected chi connectivity index (χ3v) is 3.15. The lowest BCUT2D eigenvalue weighted by atomic mass is 10.1. The second kappa shape index (κ2) is 7.06. The zero-order chi connectivity index (χ0) is 15.1. The summed E-state index contributed by atoms with van der Waals surface area (Å²) in [5, 5.41) is 22.7. The van der Waals surface area contributed by atoms with Gasteiger partial charge in [0.25, 0.3) is 5.69 Å². The quantitative estimate of drug-likeness (QED) is 0.650. The molecule has 0 heterocycles. The fourth-order valence-electron chi connectivity index (χ4n) is 2.07. The van der Waals surface area contributed by atoms with E-state index in [-0.39, 0.29) is 10.6 Å². The number of nitro benzene ring substituents is 1. The van der Waals surface area contributed by atoms with Gasteiger partial charge in [0, 0.05) is 23.9 Å². The van der Waals surface area contributed by atoms with E-state index in [0.717, 1.165) is 16.8 Å². The Morgan fingerprint density at radius 2 is 1.86 bits per heavy atom. The number of hydrogen-bond acceptors (Lipinski definition) is 4. The van der Waals surface area contributed by atoms with E-state index >= 15 is 0 Å². The number of hydrogen-bond donors (Lipinski definition) is 1. The first kappa shape index (κ1) is 14.5. The van der Waals surface area contributed by atoms with Crippen LogP contribution in [0.4, 0.5) is 11.4 Å². The van der Waals surface area contributed by atoms with Crippen molar-refractivity contribution in [2.45, 2.75) is 12.8 Å². The van der Waals surface area contributed by atoms with E-state index in [1.807, 2.05) is 24.3 Å². The summed E-state index contributed by atoms with van der Waals surface area (Å²) in [6.45, 7) is 0.614. The molecule has 0 saturated heterocycles. The summed E-state index contributed by atoms with van der Waals surface area (Å²) in [6.07, 6.45) is 0.980. The number of para-hydroxylation sites is 1. The van der Waals surface area contributed by atoms with Crippen molar-refractivity contribution in [2.24, 2.45) is 0 Å². The van der Waals surface area contributed by atoms with Gasteiger partial charge in [-0.05, 0) is 24.1 Å². The van der Waals surface area contributed by atoms with E-state index in [9.17, 15) is 10.1 Å². The van der Waals surface area contributed by atoms with Crippen LogP contribution < -0.4 is 5.32 Å². The Bertz CT molecular complexity index is 660. The van der Waals surface area contributed by atoms with E-state index in [2.05, 4.69) is 11.4 Å². The van der Waals surface area contributed by atoms with Crippen LogP contribution in [0.25, 0.3) is 0 Å². The average molecular weight is 281 g/mol. The minimum Gasteiger partial charge on any atom is -0.385 e. The van der Waals surface area contributed by atoms with Crippen LogP contribution in [0.5, 0.6) is 0 Å². The molecule has 106 valence electrons. The zero-order valence-electron chi connectivity index (χ0n) is 11.5. The Morgan fingerprint density at radius 3 is 2.52 bits per heavy atom. The highest BCUT2D eigenvalue weighted by Gasteiger charge is 2.11. The molecule has 0 aliphatic rings. The first-order valence-corrected chi connectivity index (χ1v) is 6.63. The third-order valence-electron chi connectivity index (χ3n) is 3.15. The molecule has 0 bridgehead atoms. The standard InChI is InChI=1S/C16H15N3O2/c17-11-9-13-5-7-15(8-6-13)18-12-10-14-3-1-2-4-16(14)19(20)21/h1-8,18H,9-10,12H2. The van der Waals surface area contributed by atoms with Crippen molar-refractivity contribution < 1.29 is 4.92 Å². The predicted octanol–water partition coefficient (Wildman–Crippen LogP) is 3.32. The maximum Gasteiger partial charge on any atom is 0.272 e. The molecule has 5 heteroatoms. The normalized spacial score (nSPS) is 9.86. The van der Waals surface area contributed by atoms with Crippen LogP contribution in [0.15, 0.2) is 48.5 Å². The topological polar surface area (TPSA) is 79.0 Å². The molecule has 0 atom stereocenters. The summed E-state index contributed by atoms with van der Waals surface area (Å²) in [6, 6.07) is 16.5. The Hall–Kier alpha value is -2.87. The van der Waals surface area contributed by atoms with Crippen molar-refractivity contribution >= 4 is 11.4 Å². The lowest BCUT2D eigenvalue weighted by molar-refractivity contribution is -0.385. The molecule has 0 aliphatic heterocycles. The number of benzene rings is 2. The van der Waals surface area contributed by atoms with Gasteiger partial charge in [0.15, 0.2) is 0 Å². The fourth-order valence-corrected chi connectivity index (χ4v) is 2.07. The molecular weight excluding hydrogens is 266 g/mol. The van der Waals surface area contributed by atoms with Crippen LogP contribution >= 0.6 is 0 Å². The highest BCUT2D eigenvalue weighted by atomic mass is 16.6. The molecule has 0 radical (unpaired) electrons. The first-order chi connectivity index (χ1) is 10.2. The Morgan fingerprint density at radius 1 is 1.14 bits per heavy atom. The predicted molar refractivity (Wildman–Crippen MR) is 81.0 cm³/mol. The van der Waals surface area contributed by atoms with Crippen molar-refractivity contribution in [3.63, 3.8) is 0 Å². The van der Waals surface area contributed by atoms with Crippen LogP contribution in [-0.2, 0) is 12.8 Å². The summed E-state index contributed by atoms with van der Waals surface area (Å²) in [5.74, 6) is 0. The van der Waals surface area contributed by atoms with Gasteiger partial charge in [-0.15, -0.1) is 0 Å². The molecule has 0 fully saturated rings. The largest absolute Gasteiger partial charge is 0.385 e. The number of nitro groups is 1. The Kier molecular flexibility index (Phi) is 4.89. The van der Waals surface area contributed by atoms with E-state index in [1.165, 1.54) is 6.07 Å². The van der Waals surface area contributed by atoms with Gasteiger partial charge in [-0.25, -0.2) is 0 Å². The zero-order valence-corrected chi connectivity index (χ0v) is 11.5. The van der Waals surface area contributed by atoms with Crippen molar-refractivity contribution in [3.8, 4) is 6.07 Å². The van der Waals surface area contributed by atoms with Gasteiger partial charge >= 0.3 is 0 Å². The summed E-state index contributed by atoms with van der Waals surface area (Å²) in [5.41, 5.74) is 2.79. The third kappa shape index (κ3) is 4.05. The van der Waals surface area contributed by atoms with Crippen LogP contribution in [-0.4, -0.2) is 11.5 Å². The summed E-state index contributed by atoms with van der Waals surface area (Å²) in [7, 11) is 0. The van der Waals surface area contributed by atoms with Crippen molar-refractivity contribution in [3.05, 3.63) is 69.8 Å². The second-order valence-electron chi connectivity index (χ2n) is 4.59. The summed E-state index contributed by atoms with van der Waals surface area (Å²) >= 11 is 0. The average Bonchev–Trinajstić information content (AvgIpc) is 2.50. The molecule has 0 amide bonds. The van der Waals surface area contributed by atoms with Gasteiger partial charge in [-0.3, -0.25) is 10.1 Å². The van der Waals surface area contributed by atoms with Crippen molar-refractivity contribution in [1.82, 2.24) is 0 Å². The minimum absolute atomic E-state index is 0.156. The molecule has 21 heavy (non-hydrogen) atoms. The van der Waals surface area contributed by atoms with E-state index in [0.29, 0.717) is 19.4 Å². The molecule has 2 aromatic rings. The molecule has 0 spiro atoms. The number of nitrogens with one attached hydrogen (secondary N) is 1. The van der Waals surface area contributed by atoms with Crippen LogP contribution in [0, 0.1) is 21.4 Å². The molecule has 0 aromatic heterocycles. The number of nitrogens with zero attached hydrogens (tertiary/aromatic N) is 2. The van der Waals surface area contributed by atoms with E-state index in [1.54, 1.807) is 18.2 Å². The lowest BCUT2D eigenvalue weighted by Gasteiger charge is -2.07. The van der Waals surface area contributed by atoms with Gasteiger partial charge in [0.1, 0.15) is 0 Å². The number of rotatable bonds is 6. The van der Waals surface area contributed by atoms with Gasteiger partial charge < -0.3 is 5.32 Å². The second-order valence-corrected chi connectivity index (χ2v) is 4.59. The van der Waals surface area contributed by atoms with Gasteiger partial charge in [0.2, 0.25) is 0 Å². The summed E-state index contributed by atoms with van der Waals surface area (Å²) in [4.78, 5) is 10.6. The fraction of sp³-hybridized carbons (Fsp3) is 0.188. The molecule has 2 rings (SSSR count). The van der Waals surface area contributed by atoms with Gasteiger partial charge in [0.05, 0.1) is 17.4 Å². The maximum absolute atomic E-state index is 10.9.